The molecule has 0 aliphatic carbocycles. The van der Waals surface area contributed by atoms with Gasteiger partial charge in [0, 0.05) is 12.7 Å². The van der Waals surface area contributed by atoms with Crippen molar-refractivity contribution in [1.29, 1.82) is 0 Å². The maximum Gasteiger partial charge on any atom is 0.416 e. The lowest BCUT2D eigenvalue weighted by atomic mass is 10.1. The fraction of sp³-hybridized carbons (Fsp3) is 0.286. The average molecular weight is 376 g/mol. The van der Waals surface area contributed by atoms with Crippen LogP contribution < -0.4 is 5.32 Å². The molecule has 118 valence electrons. The van der Waals surface area contributed by atoms with Crippen LogP contribution in [-0.4, -0.2) is 15.7 Å². The number of rotatable bonds is 4. The predicted octanol–water partition coefficient (Wildman–Crippen LogP) is 3.54. The zero-order valence-electron chi connectivity index (χ0n) is 11.6. The molecule has 0 fully saturated rings. The Labute approximate surface area is 133 Å². The summed E-state index contributed by atoms with van der Waals surface area (Å²) >= 11 is 3.22. The van der Waals surface area contributed by atoms with E-state index >= 15 is 0 Å². The Morgan fingerprint density at radius 2 is 2.09 bits per heavy atom. The first-order valence-electron chi connectivity index (χ1n) is 6.41. The van der Waals surface area contributed by atoms with Crippen LogP contribution >= 0.6 is 15.9 Å². The molecule has 0 saturated carbocycles. The monoisotopic (exact) mass is 375 g/mol. The van der Waals surface area contributed by atoms with E-state index in [9.17, 15) is 18.0 Å². The minimum atomic E-state index is -4.44. The molecule has 1 atom stereocenters. The lowest BCUT2D eigenvalue weighted by molar-refractivity contribution is -0.138. The van der Waals surface area contributed by atoms with Crippen LogP contribution in [0.4, 0.5) is 13.2 Å². The second-order valence-corrected chi connectivity index (χ2v) is 5.60. The highest BCUT2D eigenvalue weighted by atomic mass is 79.9. The molecule has 2 rings (SSSR count). The van der Waals surface area contributed by atoms with E-state index in [4.69, 9.17) is 0 Å². The number of nitrogens with one attached hydrogen (secondary N) is 1. The van der Waals surface area contributed by atoms with Crippen molar-refractivity contribution in [2.45, 2.75) is 25.7 Å². The zero-order valence-corrected chi connectivity index (χ0v) is 13.1. The van der Waals surface area contributed by atoms with Crippen LogP contribution in [-0.2, 0) is 17.5 Å². The SMILES string of the molecule is CC(C(=O)NCc1ccccc1C(F)(F)F)n1cc(Br)cn1. The van der Waals surface area contributed by atoms with Gasteiger partial charge in [-0.25, -0.2) is 0 Å². The second-order valence-electron chi connectivity index (χ2n) is 4.69. The molecule has 0 aliphatic rings. The van der Waals surface area contributed by atoms with Crippen molar-refractivity contribution in [3.63, 3.8) is 0 Å². The maximum atomic E-state index is 12.9. The Bertz CT molecular complexity index is 669. The topological polar surface area (TPSA) is 46.9 Å². The molecule has 1 aromatic carbocycles. The summed E-state index contributed by atoms with van der Waals surface area (Å²) in [5.74, 6) is -0.410. The summed E-state index contributed by atoms with van der Waals surface area (Å²) in [7, 11) is 0. The lowest BCUT2D eigenvalue weighted by Crippen LogP contribution is -2.31. The molecule has 0 saturated heterocycles. The van der Waals surface area contributed by atoms with E-state index in [0.29, 0.717) is 0 Å². The van der Waals surface area contributed by atoms with Crippen LogP contribution in [0.3, 0.4) is 0 Å². The summed E-state index contributed by atoms with van der Waals surface area (Å²) in [4.78, 5) is 12.0. The number of alkyl halides is 3. The minimum Gasteiger partial charge on any atom is -0.350 e. The third kappa shape index (κ3) is 3.88. The number of hydrogen-bond donors (Lipinski definition) is 1. The summed E-state index contributed by atoms with van der Waals surface area (Å²) in [6.07, 6.45) is -1.30. The predicted molar refractivity (Wildman–Crippen MR) is 77.9 cm³/mol. The van der Waals surface area contributed by atoms with Crippen LogP contribution in [0.25, 0.3) is 0 Å². The number of benzene rings is 1. The van der Waals surface area contributed by atoms with Crippen molar-refractivity contribution in [1.82, 2.24) is 15.1 Å². The molecular weight excluding hydrogens is 363 g/mol. The molecular formula is C14H13BrF3N3O. The Balaban J connectivity index is 2.06. The first kappa shape index (κ1) is 16.5. The number of amides is 1. The van der Waals surface area contributed by atoms with Gasteiger partial charge >= 0.3 is 6.18 Å². The standard InChI is InChI=1S/C14H13BrF3N3O/c1-9(21-8-11(15)7-20-21)13(22)19-6-10-4-2-3-5-12(10)14(16,17)18/h2-5,7-9H,6H2,1H3,(H,19,22). The molecule has 2 aromatic rings. The van der Waals surface area contributed by atoms with Crippen molar-refractivity contribution >= 4 is 21.8 Å². The number of nitrogens with zero attached hydrogens (tertiary/aromatic N) is 2. The number of halogens is 4. The quantitative estimate of drug-likeness (QED) is 0.888. The van der Waals surface area contributed by atoms with Crippen molar-refractivity contribution in [2.24, 2.45) is 0 Å². The van der Waals surface area contributed by atoms with Crippen molar-refractivity contribution in [3.05, 3.63) is 52.3 Å². The van der Waals surface area contributed by atoms with Gasteiger partial charge in [0.1, 0.15) is 6.04 Å². The highest BCUT2D eigenvalue weighted by Gasteiger charge is 2.32. The van der Waals surface area contributed by atoms with Gasteiger partial charge in [0.15, 0.2) is 0 Å². The van der Waals surface area contributed by atoms with E-state index in [1.54, 1.807) is 13.1 Å². The fourth-order valence-electron chi connectivity index (χ4n) is 1.93. The summed E-state index contributed by atoms with van der Waals surface area (Å²) < 4.78 is 40.7. The molecule has 0 aliphatic heterocycles. The molecule has 8 heteroatoms. The van der Waals surface area contributed by atoms with Gasteiger partial charge in [0.2, 0.25) is 5.91 Å². The molecule has 4 nitrogen and oxygen atoms in total. The molecule has 1 unspecified atom stereocenters. The van der Waals surface area contributed by atoms with E-state index < -0.39 is 23.7 Å². The Kier molecular flexibility index (Phi) is 4.90. The van der Waals surface area contributed by atoms with Gasteiger partial charge in [-0.15, -0.1) is 0 Å². The van der Waals surface area contributed by atoms with Crippen LogP contribution in [0.1, 0.15) is 24.1 Å². The first-order valence-corrected chi connectivity index (χ1v) is 7.21. The van der Waals surface area contributed by atoms with E-state index in [1.807, 2.05) is 0 Å². The minimum absolute atomic E-state index is 0.0252. The largest absolute Gasteiger partial charge is 0.416 e. The molecule has 1 aromatic heterocycles. The third-order valence-electron chi connectivity index (χ3n) is 3.12. The highest BCUT2D eigenvalue weighted by molar-refractivity contribution is 9.10. The van der Waals surface area contributed by atoms with Crippen LogP contribution in [0.15, 0.2) is 41.1 Å². The lowest BCUT2D eigenvalue weighted by Gasteiger charge is -2.15. The molecule has 1 amide bonds. The molecule has 0 bridgehead atoms. The van der Waals surface area contributed by atoms with Crippen molar-refractivity contribution in [2.75, 3.05) is 0 Å². The van der Waals surface area contributed by atoms with Crippen molar-refractivity contribution < 1.29 is 18.0 Å². The number of aromatic nitrogens is 2. The summed E-state index contributed by atoms with van der Waals surface area (Å²) in [6.45, 7) is 1.42. The summed E-state index contributed by atoms with van der Waals surface area (Å²) in [5, 5.41) is 6.48. The molecule has 0 radical (unpaired) electrons. The van der Waals surface area contributed by atoms with Gasteiger partial charge in [-0.3, -0.25) is 9.48 Å². The van der Waals surface area contributed by atoms with Crippen molar-refractivity contribution in [3.8, 4) is 0 Å². The van der Waals surface area contributed by atoms with Crippen LogP contribution in [0.2, 0.25) is 0 Å². The third-order valence-corrected chi connectivity index (χ3v) is 3.53. The van der Waals surface area contributed by atoms with Gasteiger partial charge in [0.25, 0.3) is 0 Å². The van der Waals surface area contributed by atoms with Gasteiger partial charge in [-0.1, -0.05) is 18.2 Å². The van der Waals surface area contributed by atoms with Crippen LogP contribution in [0.5, 0.6) is 0 Å². The van der Waals surface area contributed by atoms with Crippen LogP contribution in [0, 0.1) is 0 Å². The second kappa shape index (κ2) is 6.51. The molecule has 0 spiro atoms. The highest BCUT2D eigenvalue weighted by Crippen LogP contribution is 2.31. The number of hydrogen-bond acceptors (Lipinski definition) is 2. The van der Waals surface area contributed by atoms with Gasteiger partial charge in [0.05, 0.1) is 16.2 Å². The van der Waals surface area contributed by atoms with E-state index in [-0.39, 0.29) is 12.1 Å². The van der Waals surface area contributed by atoms with E-state index in [2.05, 4.69) is 26.3 Å². The molecule has 1 N–H and O–H groups in total. The normalized spacial score (nSPS) is 13.0. The van der Waals surface area contributed by atoms with Gasteiger partial charge in [-0.2, -0.15) is 18.3 Å². The van der Waals surface area contributed by atoms with Gasteiger partial charge < -0.3 is 5.32 Å². The molecule has 22 heavy (non-hydrogen) atoms. The number of carbonyl (C=O) groups excluding carboxylic acids is 1. The Morgan fingerprint density at radius 1 is 1.41 bits per heavy atom. The Hall–Kier alpha value is -1.83. The van der Waals surface area contributed by atoms with E-state index in [0.717, 1.165) is 10.5 Å². The number of carbonyl (C=O) groups is 1. The first-order chi connectivity index (χ1) is 10.3. The average Bonchev–Trinajstić information content (AvgIpc) is 2.90. The zero-order chi connectivity index (χ0) is 16.3. The Morgan fingerprint density at radius 3 is 2.68 bits per heavy atom. The van der Waals surface area contributed by atoms with E-state index in [1.165, 1.54) is 29.1 Å². The summed E-state index contributed by atoms with van der Waals surface area (Å²) in [5.41, 5.74) is -0.720. The van der Waals surface area contributed by atoms with Gasteiger partial charge in [-0.05, 0) is 34.5 Å². The maximum absolute atomic E-state index is 12.9. The molecule has 1 heterocycles. The fourth-order valence-corrected chi connectivity index (χ4v) is 2.23. The summed E-state index contributed by atoms with van der Waals surface area (Å²) in [6, 6.07) is 4.54. The smallest absolute Gasteiger partial charge is 0.350 e.